The van der Waals surface area contributed by atoms with Crippen molar-refractivity contribution in [3.63, 3.8) is 0 Å². The third-order valence-electron chi connectivity index (χ3n) is 4.93. The topological polar surface area (TPSA) is 109 Å². The Kier molecular flexibility index (Phi) is 5.10. The van der Waals surface area contributed by atoms with Crippen LogP contribution < -0.4 is 5.23 Å². The number of hydrogen-bond acceptors (Lipinski definition) is 8. The van der Waals surface area contributed by atoms with Gasteiger partial charge in [-0.1, -0.05) is 41.1 Å². The van der Waals surface area contributed by atoms with Crippen molar-refractivity contribution in [1.82, 2.24) is 15.0 Å². The van der Waals surface area contributed by atoms with Gasteiger partial charge in [0.25, 0.3) is 0 Å². The molecule has 0 saturated carbocycles. The lowest BCUT2D eigenvalue weighted by molar-refractivity contribution is 0.169. The van der Waals surface area contributed by atoms with Gasteiger partial charge in [-0.2, -0.15) is 4.98 Å². The molecule has 1 saturated heterocycles. The van der Waals surface area contributed by atoms with Crippen molar-refractivity contribution in [3.8, 4) is 11.4 Å². The first-order valence-electron chi connectivity index (χ1n) is 9.07. The Hall–Kier alpha value is -2.78. The molecule has 3 aromatic rings. The average molecular weight is 381 g/mol. The van der Waals surface area contributed by atoms with E-state index in [1.807, 2.05) is 31.2 Å². The van der Waals surface area contributed by atoms with Crippen molar-refractivity contribution in [3.05, 3.63) is 70.8 Å². The van der Waals surface area contributed by atoms with Gasteiger partial charge in [0.05, 0.1) is 17.8 Å². The number of aryl methyl sites for hydroxylation is 1. The third kappa shape index (κ3) is 3.90. The molecule has 1 aliphatic heterocycles. The summed E-state index contributed by atoms with van der Waals surface area (Å²) in [5.41, 5.74) is 3.12. The van der Waals surface area contributed by atoms with Gasteiger partial charge in [-0.25, -0.2) is 0 Å². The summed E-state index contributed by atoms with van der Waals surface area (Å²) in [6.07, 6.45) is 0.0339. The summed E-state index contributed by atoms with van der Waals surface area (Å²) >= 11 is 0. The van der Waals surface area contributed by atoms with Crippen LogP contribution >= 0.6 is 0 Å². The molecule has 2 atom stereocenters. The van der Waals surface area contributed by atoms with Gasteiger partial charge in [0, 0.05) is 18.7 Å². The Labute approximate surface area is 162 Å². The third-order valence-corrected chi connectivity index (χ3v) is 4.93. The van der Waals surface area contributed by atoms with Gasteiger partial charge in [-0.05, 0) is 37.1 Å². The lowest BCUT2D eigenvalue weighted by atomic mass is 10.1. The number of likely N-dealkylation sites (tertiary alicyclic amines) is 1. The van der Waals surface area contributed by atoms with Crippen LogP contribution in [-0.2, 0) is 6.54 Å². The van der Waals surface area contributed by atoms with Gasteiger partial charge >= 0.3 is 0 Å². The molecule has 8 heteroatoms. The van der Waals surface area contributed by atoms with E-state index in [-0.39, 0.29) is 17.0 Å². The minimum Gasteiger partial charge on any atom is -0.733 e. The normalized spacial score (nSPS) is 19.9. The number of β-amino-alcohol motifs (C(OH)–C–C–N with tert-alkyl or cyclic N) is 1. The van der Waals surface area contributed by atoms with Gasteiger partial charge in [0.2, 0.25) is 11.7 Å². The summed E-state index contributed by atoms with van der Waals surface area (Å²) in [5.74, 6) is 1.01. The number of nitrogens with zero attached hydrogens (tertiary/aromatic N) is 4. The van der Waals surface area contributed by atoms with Gasteiger partial charge in [-0.15, -0.1) is 0 Å². The van der Waals surface area contributed by atoms with Crippen molar-refractivity contribution in [2.24, 2.45) is 0 Å². The summed E-state index contributed by atoms with van der Waals surface area (Å²) in [7, 11) is 0. The first kappa shape index (κ1) is 18.6. The highest BCUT2D eigenvalue weighted by molar-refractivity contribution is 5.55. The zero-order valence-electron chi connectivity index (χ0n) is 15.4. The molecule has 0 bridgehead atoms. The highest BCUT2D eigenvalue weighted by Gasteiger charge is 2.35. The molecule has 0 radical (unpaired) electrons. The van der Waals surface area contributed by atoms with E-state index in [1.165, 1.54) is 0 Å². The Morgan fingerprint density at radius 3 is 2.75 bits per heavy atom. The highest BCUT2D eigenvalue weighted by atomic mass is 16.8. The second-order valence-electron chi connectivity index (χ2n) is 7.10. The summed E-state index contributed by atoms with van der Waals surface area (Å²) in [6.45, 7) is 3.05. The van der Waals surface area contributed by atoms with Crippen molar-refractivity contribution < 1.29 is 14.8 Å². The number of anilines is 1. The van der Waals surface area contributed by atoms with Crippen molar-refractivity contribution in [2.75, 3.05) is 11.8 Å². The standard InChI is InChI=1S/C20H21N4O4/c1-13-3-2-4-15(9-13)19-21-20(28-22-19)18-10-17(25)12-23(18)11-14-5-7-16(8-6-14)24(26)27/h2-9,17-18,25-26H,10-12H2,1H3/q-1/t17-,18+/m1/s1. The van der Waals surface area contributed by atoms with E-state index in [9.17, 15) is 10.3 Å². The zero-order chi connectivity index (χ0) is 19.7. The lowest BCUT2D eigenvalue weighted by Crippen LogP contribution is -2.24. The smallest absolute Gasteiger partial charge is 0.244 e. The molecular weight excluding hydrogens is 360 g/mol. The van der Waals surface area contributed by atoms with Crippen molar-refractivity contribution >= 4 is 5.69 Å². The van der Waals surface area contributed by atoms with Crippen LogP contribution in [0.15, 0.2) is 53.1 Å². The van der Waals surface area contributed by atoms with E-state index in [4.69, 9.17) is 9.73 Å². The van der Waals surface area contributed by atoms with E-state index in [2.05, 4.69) is 15.0 Å². The summed E-state index contributed by atoms with van der Waals surface area (Å²) in [6, 6.07) is 14.3. The molecule has 28 heavy (non-hydrogen) atoms. The lowest BCUT2D eigenvalue weighted by Gasteiger charge is -2.23. The molecule has 2 N–H and O–H groups in total. The van der Waals surface area contributed by atoms with Crippen LogP contribution in [0.1, 0.15) is 29.5 Å². The highest BCUT2D eigenvalue weighted by Crippen LogP contribution is 2.33. The van der Waals surface area contributed by atoms with Gasteiger partial charge in [0.15, 0.2) is 0 Å². The molecule has 2 aromatic carbocycles. The number of rotatable bonds is 5. The zero-order valence-corrected chi connectivity index (χ0v) is 15.4. The molecular formula is C20H21N4O4-. The maximum Gasteiger partial charge on any atom is 0.244 e. The number of aromatic nitrogens is 2. The predicted molar refractivity (Wildman–Crippen MR) is 102 cm³/mol. The van der Waals surface area contributed by atoms with E-state index in [0.29, 0.717) is 31.2 Å². The first-order valence-corrected chi connectivity index (χ1v) is 9.07. The van der Waals surface area contributed by atoms with Crippen LogP contribution in [-0.4, -0.2) is 38.0 Å². The molecule has 4 rings (SSSR count). The molecule has 0 aliphatic carbocycles. The van der Waals surface area contributed by atoms with Gasteiger partial charge < -0.3 is 20.1 Å². The molecule has 1 fully saturated rings. The molecule has 1 aliphatic rings. The number of hydrogen-bond donors (Lipinski definition) is 2. The minimum absolute atomic E-state index is 0.168. The number of benzene rings is 2. The molecule has 0 spiro atoms. The fourth-order valence-electron chi connectivity index (χ4n) is 3.55. The Morgan fingerprint density at radius 2 is 2.04 bits per heavy atom. The van der Waals surface area contributed by atoms with Crippen LogP contribution in [0.4, 0.5) is 5.69 Å². The molecule has 2 heterocycles. The first-order chi connectivity index (χ1) is 13.5. The fourth-order valence-corrected chi connectivity index (χ4v) is 3.55. The van der Waals surface area contributed by atoms with Crippen LogP contribution in [0.25, 0.3) is 11.4 Å². The Bertz CT molecular complexity index is 941. The van der Waals surface area contributed by atoms with Crippen LogP contribution in [0.5, 0.6) is 0 Å². The minimum atomic E-state index is -0.479. The molecule has 0 amide bonds. The Balaban J connectivity index is 1.53. The van der Waals surface area contributed by atoms with E-state index >= 15 is 0 Å². The van der Waals surface area contributed by atoms with E-state index in [1.54, 1.807) is 24.3 Å². The second-order valence-corrected chi connectivity index (χ2v) is 7.10. The van der Waals surface area contributed by atoms with Crippen molar-refractivity contribution in [1.29, 1.82) is 0 Å². The van der Waals surface area contributed by atoms with E-state index < -0.39 is 6.10 Å². The SMILES string of the molecule is Cc1cccc(-c2noc([C@@H]3C[C@@H](O)CN3Cc3ccc(N([O-])O)cc3)n2)c1. The van der Waals surface area contributed by atoms with Gasteiger partial charge in [-0.3, -0.25) is 10.1 Å². The van der Waals surface area contributed by atoms with Crippen molar-refractivity contribution in [2.45, 2.75) is 32.0 Å². The van der Waals surface area contributed by atoms with E-state index in [0.717, 1.165) is 16.7 Å². The maximum absolute atomic E-state index is 10.9. The molecule has 146 valence electrons. The summed E-state index contributed by atoms with van der Waals surface area (Å²) in [4.78, 5) is 6.63. The molecule has 8 nitrogen and oxygen atoms in total. The van der Waals surface area contributed by atoms with Crippen LogP contribution in [0.3, 0.4) is 0 Å². The van der Waals surface area contributed by atoms with Gasteiger partial charge in [0.1, 0.15) is 0 Å². The predicted octanol–water partition coefficient (Wildman–Crippen LogP) is 3.05. The van der Waals surface area contributed by atoms with Crippen LogP contribution in [0, 0.1) is 12.1 Å². The summed E-state index contributed by atoms with van der Waals surface area (Å²) < 4.78 is 5.51. The quantitative estimate of drug-likeness (QED) is 0.649. The summed E-state index contributed by atoms with van der Waals surface area (Å²) in [5, 5.41) is 34.0. The van der Waals surface area contributed by atoms with Crippen LogP contribution in [0.2, 0.25) is 0 Å². The average Bonchev–Trinajstić information content (AvgIpc) is 3.29. The number of aliphatic hydroxyl groups is 1. The molecule has 0 unspecified atom stereocenters. The largest absolute Gasteiger partial charge is 0.733 e. The monoisotopic (exact) mass is 381 g/mol. The maximum atomic E-state index is 10.9. The fraction of sp³-hybridized carbons (Fsp3) is 0.300. The molecule has 1 aromatic heterocycles. The second kappa shape index (κ2) is 7.69. The Morgan fingerprint density at radius 1 is 1.25 bits per heavy atom. The number of aliphatic hydroxyl groups excluding tert-OH is 1.